The van der Waals surface area contributed by atoms with E-state index in [4.69, 9.17) is 9.52 Å². The van der Waals surface area contributed by atoms with Gasteiger partial charge in [-0.2, -0.15) is 0 Å². The Morgan fingerprint density at radius 2 is 1.83 bits per heavy atom. The van der Waals surface area contributed by atoms with Gasteiger partial charge in [0, 0.05) is 5.56 Å². The molecular weight excluding hydrogens is 301 g/mol. The summed E-state index contributed by atoms with van der Waals surface area (Å²) in [5.74, 6) is -1.15. The van der Waals surface area contributed by atoms with Crippen molar-refractivity contribution in [1.82, 2.24) is 4.98 Å². The summed E-state index contributed by atoms with van der Waals surface area (Å²) in [7, 11) is 0. The van der Waals surface area contributed by atoms with Crippen molar-refractivity contribution in [2.75, 3.05) is 0 Å². The molecule has 0 bridgehead atoms. The van der Waals surface area contributed by atoms with E-state index < -0.39 is 11.8 Å². The maximum absolute atomic E-state index is 13.0. The molecule has 0 aliphatic rings. The van der Waals surface area contributed by atoms with Crippen molar-refractivity contribution in [1.29, 1.82) is 0 Å². The monoisotopic (exact) mass is 313 g/mol. The number of aromatic hydroxyl groups is 1. The van der Waals surface area contributed by atoms with Crippen molar-refractivity contribution in [3.8, 4) is 28.5 Å². The summed E-state index contributed by atoms with van der Waals surface area (Å²) in [5, 5.41) is 19.0. The lowest BCUT2D eigenvalue weighted by Gasteiger charge is -2.02. The Morgan fingerprint density at radius 3 is 2.48 bits per heavy atom. The molecule has 5 nitrogen and oxygen atoms in total. The maximum Gasteiger partial charge on any atom is 0.309 e. The molecule has 2 N–H and O–H groups in total. The summed E-state index contributed by atoms with van der Waals surface area (Å²) in [5.41, 5.74) is 1.06. The van der Waals surface area contributed by atoms with Crippen LogP contribution >= 0.6 is 0 Å². The predicted octanol–water partition coefficient (Wildman–Crippen LogP) is 3.48. The molecule has 0 atom stereocenters. The Kier molecular flexibility index (Phi) is 3.80. The number of para-hydroxylation sites is 1. The summed E-state index contributed by atoms with van der Waals surface area (Å²) in [6.45, 7) is 0. The molecule has 1 heterocycles. The minimum Gasteiger partial charge on any atom is -0.507 e. The Morgan fingerprint density at radius 1 is 1.13 bits per heavy atom. The first-order valence-corrected chi connectivity index (χ1v) is 6.80. The zero-order valence-corrected chi connectivity index (χ0v) is 11.9. The van der Waals surface area contributed by atoms with E-state index in [0.717, 1.165) is 0 Å². The molecule has 2 aromatic carbocycles. The smallest absolute Gasteiger partial charge is 0.309 e. The summed E-state index contributed by atoms with van der Waals surface area (Å²) in [6, 6.07) is 11.9. The fourth-order valence-corrected chi connectivity index (χ4v) is 2.21. The van der Waals surface area contributed by atoms with Crippen molar-refractivity contribution in [2.24, 2.45) is 0 Å². The third-order valence-corrected chi connectivity index (χ3v) is 3.26. The molecule has 0 spiro atoms. The number of carboxylic acids is 1. The first-order valence-electron chi connectivity index (χ1n) is 6.80. The van der Waals surface area contributed by atoms with Crippen LogP contribution in [0.15, 0.2) is 52.9 Å². The lowest BCUT2D eigenvalue weighted by molar-refractivity contribution is -0.136. The number of rotatable bonds is 4. The third-order valence-electron chi connectivity index (χ3n) is 3.26. The summed E-state index contributed by atoms with van der Waals surface area (Å²) >= 11 is 0. The number of benzene rings is 2. The van der Waals surface area contributed by atoms with E-state index in [-0.39, 0.29) is 29.5 Å². The lowest BCUT2D eigenvalue weighted by Crippen LogP contribution is -2.01. The molecule has 0 radical (unpaired) electrons. The number of halogens is 1. The highest BCUT2D eigenvalue weighted by Gasteiger charge is 2.20. The molecule has 6 heteroatoms. The molecule has 0 aliphatic heterocycles. The number of carbonyl (C=O) groups is 1. The van der Waals surface area contributed by atoms with Crippen LogP contribution in [-0.2, 0) is 11.2 Å². The number of aliphatic carboxylic acids is 1. The molecule has 0 saturated carbocycles. The zero-order chi connectivity index (χ0) is 16.4. The minimum absolute atomic E-state index is 0.0408. The van der Waals surface area contributed by atoms with Gasteiger partial charge in [-0.15, -0.1) is 0 Å². The van der Waals surface area contributed by atoms with Gasteiger partial charge in [-0.05, 0) is 36.4 Å². The van der Waals surface area contributed by atoms with Gasteiger partial charge in [0.15, 0.2) is 5.76 Å². The number of phenolic OH excluding ortho intramolecular Hbond substituents is 1. The molecule has 23 heavy (non-hydrogen) atoms. The van der Waals surface area contributed by atoms with Gasteiger partial charge < -0.3 is 14.6 Å². The molecule has 0 saturated heterocycles. The number of phenols is 1. The van der Waals surface area contributed by atoms with E-state index in [9.17, 15) is 14.3 Å². The topological polar surface area (TPSA) is 83.6 Å². The first kappa shape index (κ1) is 14.8. The minimum atomic E-state index is -1.07. The van der Waals surface area contributed by atoms with Crippen molar-refractivity contribution in [2.45, 2.75) is 6.42 Å². The fraction of sp³-hybridized carbons (Fsp3) is 0.0588. The number of aromatic nitrogens is 1. The van der Waals surface area contributed by atoms with Gasteiger partial charge in [-0.3, -0.25) is 4.79 Å². The van der Waals surface area contributed by atoms with Crippen LogP contribution in [-0.4, -0.2) is 21.2 Å². The normalized spacial score (nSPS) is 10.7. The van der Waals surface area contributed by atoms with Crippen LogP contribution in [0.2, 0.25) is 0 Å². The molecule has 0 aliphatic carbocycles. The Hall–Kier alpha value is -3.15. The van der Waals surface area contributed by atoms with Gasteiger partial charge in [0.1, 0.15) is 11.6 Å². The lowest BCUT2D eigenvalue weighted by atomic mass is 10.1. The number of nitrogens with zero attached hydrogens (tertiary/aromatic N) is 1. The second-order valence-corrected chi connectivity index (χ2v) is 4.89. The second kappa shape index (κ2) is 5.92. The molecule has 3 aromatic rings. The molecule has 116 valence electrons. The van der Waals surface area contributed by atoms with Crippen molar-refractivity contribution in [3.05, 3.63) is 60.0 Å². The molecular formula is C17H12FNO4. The van der Waals surface area contributed by atoms with Crippen LogP contribution in [0.5, 0.6) is 5.75 Å². The van der Waals surface area contributed by atoms with E-state index in [1.54, 1.807) is 18.2 Å². The van der Waals surface area contributed by atoms with Crippen LogP contribution in [0.1, 0.15) is 5.69 Å². The van der Waals surface area contributed by atoms with Crippen LogP contribution in [0.25, 0.3) is 22.8 Å². The molecule has 0 unspecified atom stereocenters. The van der Waals surface area contributed by atoms with Gasteiger partial charge in [-0.1, -0.05) is 12.1 Å². The number of oxazole rings is 1. The quantitative estimate of drug-likeness (QED) is 0.770. The largest absolute Gasteiger partial charge is 0.507 e. The van der Waals surface area contributed by atoms with Crippen LogP contribution in [0.3, 0.4) is 0 Å². The average molecular weight is 313 g/mol. The van der Waals surface area contributed by atoms with E-state index in [1.807, 2.05) is 0 Å². The first-order chi connectivity index (χ1) is 11.0. The summed E-state index contributed by atoms with van der Waals surface area (Å²) < 4.78 is 18.7. The van der Waals surface area contributed by atoms with Crippen LogP contribution in [0, 0.1) is 5.82 Å². The number of hydrogen-bond donors (Lipinski definition) is 2. The standard InChI is InChI=1S/C17H12FNO4/c18-11-7-5-10(6-8-11)17-19-13(9-15(21)22)16(23-17)12-3-1-2-4-14(12)20/h1-8,20H,9H2,(H,21,22). The Bertz CT molecular complexity index is 855. The number of hydrogen-bond acceptors (Lipinski definition) is 4. The van der Waals surface area contributed by atoms with Gasteiger partial charge in [0.05, 0.1) is 17.7 Å². The molecule has 1 aromatic heterocycles. The zero-order valence-electron chi connectivity index (χ0n) is 11.9. The molecule has 0 fully saturated rings. The van der Waals surface area contributed by atoms with Crippen molar-refractivity contribution in [3.63, 3.8) is 0 Å². The Labute approximate surface area is 130 Å². The highest BCUT2D eigenvalue weighted by molar-refractivity contribution is 5.76. The molecule has 0 amide bonds. The van der Waals surface area contributed by atoms with Gasteiger partial charge in [0.25, 0.3) is 0 Å². The molecule has 3 rings (SSSR count). The Balaban J connectivity index is 2.12. The summed E-state index contributed by atoms with van der Waals surface area (Å²) in [4.78, 5) is 15.2. The highest BCUT2D eigenvalue weighted by Crippen LogP contribution is 2.35. The highest BCUT2D eigenvalue weighted by atomic mass is 19.1. The third kappa shape index (κ3) is 3.06. The SMILES string of the molecule is O=C(O)Cc1nc(-c2ccc(F)cc2)oc1-c1ccccc1O. The van der Waals surface area contributed by atoms with Crippen molar-refractivity contribution < 1.29 is 23.8 Å². The van der Waals surface area contributed by atoms with E-state index in [0.29, 0.717) is 11.1 Å². The van der Waals surface area contributed by atoms with Crippen LogP contribution in [0.4, 0.5) is 4.39 Å². The van der Waals surface area contributed by atoms with E-state index >= 15 is 0 Å². The summed E-state index contributed by atoms with van der Waals surface area (Å²) in [6.07, 6.45) is -0.353. The van der Waals surface area contributed by atoms with E-state index in [1.165, 1.54) is 30.3 Å². The maximum atomic E-state index is 13.0. The van der Waals surface area contributed by atoms with Crippen molar-refractivity contribution >= 4 is 5.97 Å². The van der Waals surface area contributed by atoms with Gasteiger partial charge in [0.2, 0.25) is 5.89 Å². The van der Waals surface area contributed by atoms with Gasteiger partial charge in [-0.25, -0.2) is 9.37 Å². The van der Waals surface area contributed by atoms with Gasteiger partial charge >= 0.3 is 5.97 Å². The predicted molar refractivity (Wildman–Crippen MR) is 80.3 cm³/mol. The average Bonchev–Trinajstić information content (AvgIpc) is 2.91. The second-order valence-electron chi connectivity index (χ2n) is 4.89. The van der Waals surface area contributed by atoms with E-state index in [2.05, 4.69) is 4.98 Å². The van der Waals surface area contributed by atoms with Crippen LogP contribution < -0.4 is 0 Å². The number of carboxylic acid groups (broad SMARTS) is 1. The fourth-order valence-electron chi connectivity index (χ4n) is 2.21.